The molecule has 0 atom stereocenters. The smallest absolute Gasteiger partial charge is 0.465 e. The second kappa shape index (κ2) is 5.88. The molecule has 0 aliphatic carbocycles. The van der Waals surface area contributed by atoms with E-state index in [1.54, 1.807) is 12.1 Å². The van der Waals surface area contributed by atoms with Crippen LogP contribution < -0.4 is 4.74 Å². The molecule has 0 amide bonds. The van der Waals surface area contributed by atoms with E-state index in [1.165, 1.54) is 37.7 Å². The number of esters is 1. The maximum atomic E-state index is 12.2. The predicted molar refractivity (Wildman–Crippen MR) is 79.6 cm³/mol. The summed E-state index contributed by atoms with van der Waals surface area (Å²) < 4.78 is 45.2. The molecule has 124 valence electrons. The zero-order chi connectivity index (χ0) is 17.3. The zero-order valence-corrected chi connectivity index (χ0v) is 12.3. The van der Waals surface area contributed by atoms with Gasteiger partial charge in [-0.2, -0.15) is 0 Å². The molecule has 2 aromatic carbocycles. The van der Waals surface area contributed by atoms with Crippen molar-refractivity contribution in [1.29, 1.82) is 0 Å². The summed E-state index contributed by atoms with van der Waals surface area (Å²) in [6.07, 6.45) is -3.28. The average molecular weight is 336 g/mol. The maximum Gasteiger partial charge on any atom is 0.573 e. The highest BCUT2D eigenvalue weighted by Crippen LogP contribution is 2.31. The van der Waals surface area contributed by atoms with Crippen molar-refractivity contribution < 1.29 is 27.4 Å². The number of rotatable bonds is 3. The minimum Gasteiger partial charge on any atom is -0.465 e. The number of ether oxygens (including phenoxy) is 2. The van der Waals surface area contributed by atoms with Gasteiger partial charge in [0.05, 0.1) is 30.0 Å². The SMILES string of the molecule is COC(=O)c1cc(-c2ccc(OC(F)(F)F)cc2)c2nc[nH]c2c1. The van der Waals surface area contributed by atoms with Gasteiger partial charge in [0.15, 0.2) is 0 Å². The summed E-state index contributed by atoms with van der Waals surface area (Å²) in [7, 11) is 1.27. The highest BCUT2D eigenvalue weighted by atomic mass is 19.4. The Labute approximate surface area is 134 Å². The van der Waals surface area contributed by atoms with Gasteiger partial charge in [-0.1, -0.05) is 12.1 Å². The molecule has 0 saturated heterocycles. The van der Waals surface area contributed by atoms with E-state index in [0.29, 0.717) is 27.7 Å². The summed E-state index contributed by atoms with van der Waals surface area (Å²) in [5, 5.41) is 0. The third-order valence-corrected chi connectivity index (χ3v) is 3.34. The molecular formula is C16H11F3N2O3. The summed E-state index contributed by atoms with van der Waals surface area (Å²) >= 11 is 0. The van der Waals surface area contributed by atoms with Crippen molar-refractivity contribution in [1.82, 2.24) is 9.97 Å². The van der Waals surface area contributed by atoms with Crippen LogP contribution in [-0.2, 0) is 4.74 Å². The first-order valence-corrected chi connectivity index (χ1v) is 6.79. The van der Waals surface area contributed by atoms with E-state index in [-0.39, 0.29) is 5.75 Å². The fourth-order valence-corrected chi connectivity index (χ4v) is 2.34. The lowest BCUT2D eigenvalue weighted by molar-refractivity contribution is -0.274. The summed E-state index contributed by atoms with van der Waals surface area (Å²) in [5.74, 6) is -0.849. The number of hydrogen-bond acceptors (Lipinski definition) is 4. The van der Waals surface area contributed by atoms with Crippen LogP contribution in [0.5, 0.6) is 5.75 Å². The number of methoxy groups -OCH3 is 1. The van der Waals surface area contributed by atoms with E-state index >= 15 is 0 Å². The van der Waals surface area contributed by atoms with Crippen LogP contribution in [-0.4, -0.2) is 29.4 Å². The molecule has 3 rings (SSSR count). The van der Waals surface area contributed by atoms with Crippen LogP contribution in [0.25, 0.3) is 22.2 Å². The fourth-order valence-electron chi connectivity index (χ4n) is 2.34. The Balaban J connectivity index is 2.05. The Hall–Kier alpha value is -3.03. The van der Waals surface area contributed by atoms with E-state index in [2.05, 4.69) is 14.7 Å². The largest absolute Gasteiger partial charge is 0.573 e. The first kappa shape index (κ1) is 15.9. The lowest BCUT2D eigenvalue weighted by Crippen LogP contribution is -2.16. The molecule has 0 aliphatic heterocycles. The van der Waals surface area contributed by atoms with Crippen LogP contribution in [0.3, 0.4) is 0 Å². The van der Waals surface area contributed by atoms with Gasteiger partial charge in [0.1, 0.15) is 5.75 Å². The second-order valence-electron chi connectivity index (χ2n) is 4.89. The van der Waals surface area contributed by atoms with E-state index in [4.69, 9.17) is 4.74 Å². The Morgan fingerprint density at radius 1 is 1.17 bits per heavy atom. The lowest BCUT2D eigenvalue weighted by atomic mass is 10.0. The van der Waals surface area contributed by atoms with Gasteiger partial charge in [-0.25, -0.2) is 9.78 Å². The van der Waals surface area contributed by atoms with Crippen LogP contribution in [0, 0.1) is 0 Å². The zero-order valence-electron chi connectivity index (χ0n) is 12.3. The third kappa shape index (κ3) is 3.17. The van der Waals surface area contributed by atoms with Gasteiger partial charge in [-0.15, -0.1) is 13.2 Å². The van der Waals surface area contributed by atoms with Gasteiger partial charge in [0.25, 0.3) is 0 Å². The molecular weight excluding hydrogens is 325 g/mol. The fraction of sp³-hybridized carbons (Fsp3) is 0.125. The van der Waals surface area contributed by atoms with E-state index in [9.17, 15) is 18.0 Å². The molecule has 1 aromatic heterocycles. The number of fused-ring (bicyclic) bond motifs is 1. The molecule has 0 radical (unpaired) electrons. The summed E-state index contributed by atoms with van der Waals surface area (Å²) in [6, 6.07) is 8.50. The number of hydrogen-bond donors (Lipinski definition) is 1. The molecule has 0 aliphatic rings. The monoisotopic (exact) mass is 336 g/mol. The molecule has 5 nitrogen and oxygen atoms in total. The number of carbonyl (C=O) groups excluding carboxylic acids is 1. The van der Waals surface area contributed by atoms with Crippen molar-refractivity contribution in [3.05, 3.63) is 48.3 Å². The maximum absolute atomic E-state index is 12.2. The molecule has 0 bridgehead atoms. The first-order chi connectivity index (χ1) is 11.4. The molecule has 24 heavy (non-hydrogen) atoms. The van der Waals surface area contributed by atoms with Gasteiger partial charge in [0, 0.05) is 5.56 Å². The molecule has 0 spiro atoms. The molecule has 1 N–H and O–H groups in total. The quantitative estimate of drug-likeness (QED) is 0.737. The molecule has 0 unspecified atom stereocenters. The van der Waals surface area contributed by atoms with Crippen LogP contribution in [0.4, 0.5) is 13.2 Å². The van der Waals surface area contributed by atoms with E-state index in [0.717, 1.165) is 0 Å². The van der Waals surface area contributed by atoms with Crippen LogP contribution >= 0.6 is 0 Å². The molecule has 1 heterocycles. The Morgan fingerprint density at radius 2 is 1.88 bits per heavy atom. The normalized spacial score (nSPS) is 11.5. The number of aromatic amines is 1. The number of alkyl halides is 3. The molecule has 0 saturated carbocycles. The summed E-state index contributed by atoms with van der Waals surface area (Å²) in [5.41, 5.74) is 2.69. The van der Waals surface area contributed by atoms with Crippen LogP contribution in [0.1, 0.15) is 10.4 Å². The van der Waals surface area contributed by atoms with Crippen molar-refractivity contribution in [2.45, 2.75) is 6.36 Å². The van der Waals surface area contributed by atoms with Gasteiger partial charge >= 0.3 is 12.3 Å². The molecule has 8 heteroatoms. The van der Waals surface area contributed by atoms with Crippen molar-refractivity contribution in [3.8, 4) is 16.9 Å². The standard InChI is InChI=1S/C16H11F3N2O3/c1-23-15(22)10-6-12(14-13(7-10)20-8-21-14)9-2-4-11(5-3-9)24-16(17,18)19/h2-8H,1H3,(H,20,21). The summed E-state index contributed by atoms with van der Waals surface area (Å²) in [4.78, 5) is 18.9. The van der Waals surface area contributed by atoms with Gasteiger partial charge in [0.2, 0.25) is 0 Å². The van der Waals surface area contributed by atoms with Crippen LogP contribution in [0.15, 0.2) is 42.7 Å². The van der Waals surface area contributed by atoms with Gasteiger partial charge < -0.3 is 14.5 Å². The number of halogens is 3. The molecule has 0 fully saturated rings. The highest BCUT2D eigenvalue weighted by Gasteiger charge is 2.31. The van der Waals surface area contributed by atoms with Gasteiger partial charge in [-0.05, 0) is 29.8 Å². The van der Waals surface area contributed by atoms with E-state index < -0.39 is 12.3 Å². The van der Waals surface area contributed by atoms with Crippen molar-refractivity contribution in [2.24, 2.45) is 0 Å². The van der Waals surface area contributed by atoms with Crippen molar-refractivity contribution in [3.63, 3.8) is 0 Å². The minimum absolute atomic E-state index is 0.305. The number of benzene rings is 2. The number of aromatic nitrogens is 2. The Bertz CT molecular complexity index is 886. The van der Waals surface area contributed by atoms with Crippen LogP contribution in [0.2, 0.25) is 0 Å². The number of imidazole rings is 1. The minimum atomic E-state index is -4.75. The second-order valence-corrected chi connectivity index (χ2v) is 4.89. The number of H-pyrrole nitrogens is 1. The first-order valence-electron chi connectivity index (χ1n) is 6.79. The Morgan fingerprint density at radius 3 is 2.50 bits per heavy atom. The summed E-state index contributed by atoms with van der Waals surface area (Å²) in [6.45, 7) is 0. The highest BCUT2D eigenvalue weighted by molar-refractivity contribution is 6.00. The predicted octanol–water partition coefficient (Wildman–Crippen LogP) is 3.92. The number of nitrogens with zero attached hydrogens (tertiary/aromatic N) is 1. The number of nitrogens with one attached hydrogen (secondary N) is 1. The van der Waals surface area contributed by atoms with Crippen molar-refractivity contribution >= 4 is 17.0 Å². The average Bonchev–Trinajstić information content (AvgIpc) is 3.01. The number of carbonyl (C=O) groups is 1. The van der Waals surface area contributed by atoms with Crippen molar-refractivity contribution in [2.75, 3.05) is 7.11 Å². The topological polar surface area (TPSA) is 64.2 Å². The Kier molecular flexibility index (Phi) is 3.88. The van der Waals surface area contributed by atoms with Gasteiger partial charge in [-0.3, -0.25) is 0 Å². The molecule has 3 aromatic rings. The lowest BCUT2D eigenvalue weighted by Gasteiger charge is -2.10. The van der Waals surface area contributed by atoms with E-state index in [1.807, 2.05) is 0 Å². The third-order valence-electron chi connectivity index (χ3n) is 3.34.